The van der Waals surface area contributed by atoms with E-state index in [0.717, 1.165) is 23.9 Å². The van der Waals surface area contributed by atoms with E-state index < -0.39 is 0 Å². The number of nitrogens with zero attached hydrogens (tertiary/aromatic N) is 1. The van der Waals surface area contributed by atoms with Crippen molar-refractivity contribution in [2.75, 3.05) is 0 Å². The maximum Gasteiger partial charge on any atom is 0.124 e. The number of benzene rings is 2. The fraction of sp³-hybridized carbons (Fsp3) is 0.235. The van der Waals surface area contributed by atoms with Gasteiger partial charge in [-0.3, -0.25) is 0 Å². The summed E-state index contributed by atoms with van der Waals surface area (Å²) in [5.41, 5.74) is 3.54. The van der Waals surface area contributed by atoms with Gasteiger partial charge < -0.3 is 10.1 Å². The lowest BCUT2D eigenvalue weighted by Gasteiger charge is -2.11. The van der Waals surface area contributed by atoms with Crippen molar-refractivity contribution in [1.82, 2.24) is 5.32 Å². The monoisotopic (exact) mass is 300 g/mol. The Labute approximate surface area is 130 Å². The Hall–Kier alpha value is -2.02. The third-order valence-corrected chi connectivity index (χ3v) is 3.53. The first-order valence-electron chi connectivity index (χ1n) is 6.74. The van der Waals surface area contributed by atoms with Crippen LogP contribution in [0.3, 0.4) is 0 Å². The normalized spacial score (nSPS) is 11.9. The second-order valence-electron chi connectivity index (χ2n) is 4.60. The molecule has 0 radical (unpaired) electrons. The topological polar surface area (TPSA) is 45.0 Å². The molecule has 3 rings (SSSR count). The Morgan fingerprint density at radius 3 is 2.52 bits per heavy atom. The van der Waals surface area contributed by atoms with Gasteiger partial charge in [-0.25, -0.2) is 0 Å². The van der Waals surface area contributed by atoms with Crippen LogP contribution in [-0.2, 0) is 19.7 Å². The first-order valence-corrected chi connectivity index (χ1v) is 7.12. The highest BCUT2D eigenvalue weighted by molar-refractivity contribution is 6.31. The Bertz CT molecular complexity index is 635. The van der Waals surface area contributed by atoms with Crippen LogP contribution in [0, 0.1) is 11.3 Å². The van der Waals surface area contributed by atoms with E-state index in [4.69, 9.17) is 21.6 Å². The van der Waals surface area contributed by atoms with E-state index >= 15 is 0 Å². The van der Waals surface area contributed by atoms with Gasteiger partial charge in [-0.2, -0.15) is 5.26 Å². The number of nitriles is 1. The molecule has 0 aliphatic carbocycles. The molecule has 0 spiro atoms. The van der Waals surface area contributed by atoms with Crippen molar-refractivity contribution in [3.8, 4) is 11.8 Å². The molecule has 1 N–H and O–H groups in total. The summed E-state index contributed by atoms with van der Waals surface area (Å²) in [6.07, 6.45) is 0. The predicted octanol–water partition coefficient (Wildman–Crippen LogP) is 4.05. The average Bonchev–Trinajstić information content (AvgIpc) is 2.99. The summed E-state index contributed by atoms with van der Waals surface area (Å²) >= 11 is 6.16. The average molecular weight is 301 g/mol. The van der Waals surface area contributed by atoms with E-state index in [2.05, 4.69) is 17.4 Å². The third kappa shape index (κ3) is 3.98. The van der Waals surface area contributed by atoms with Gasteiger partial charge in [0.2, 0.25) is 0 Å². The zero-order valence-electron chi connectivity index (χ0n) is 11.9. The highest BCUT2D eigenvalue weighted by atomic mass is 35.5. The molecule has 3 nitrogen and oxygen atoms in total. The molecule has 0 atom stereocenters. The third-order valence-electron chi connectivity index (χ3n) is 3.17. The first-order chi connectivity index (χ1) is 10.3. The van der Waals surface area contributed by atoms with Crippen LogP contribution in [0.25, 0.3) is 0 Å². The van der Waals surface area contributed by atoms with E-state index in [0.29, 0.717) is 6.61 Å². The highest BCUT2D eigenvalue weighted by Crippen LogP contribution is 2.32. The van der Waals surface area contributed by atoms with E-state index in [-0.39, 0.29) is 0 Å². The molecule has 0 saturated heterocycles. The molecule has 2 aromatic carbocycles. The minimum Gasteiger partial charge on any atom is -0.489 e. The Kier molecular flexibility index (Phi) is 5.62. The van der Waals surface area contributed by atoms with Gasteiger partial charge in [-0.05, 0) is 23.3 Å². The van der Waals surface area contributed by atoms with Crippen molar-refractivity contribution in [1.29, 1.82) is 5.26 Å². The maximum absolute atomic E-state index is 7.32. The molecule has 0 aromatic heterocycles. The Morgan fingerprint density at radius 1 is 1.14 bits per heavy atom. The van der Waals surface area contributed by atoms with Gasteiger partial charge in [0.15, 0.2) is 0 Å². The SMILES string of the molecule is CC#N.Clc1ccc(OCc2ccccc2)c2c1CNC2. The fourth-order valence-corrected chi connectivity index (χ4v) is 2.45. The van der Waals surface area contributed by atoms with Crippen molar-refractivity contribution >= 4 is 11.6 Å². The minimum atomic E-state index is 0.592. The number of nitrogens with one attached hydrogen (secondary N) is 1. The largest absolute Gasteiger partial charge is 0.489 e. The number of ether oxygens (including phenoxy) is 1. The van der Waals surface area contributed by atoms with E-state index in [1.807, 2.05) is 30.3 Å². The lowest BCUT2D eigenvalue weighted by molar-refractivity contribution is 0.303. The molecule has 2 aromatic rings. The first kappa shape index (κ1) is 15.4. The molecule has 1 aliphatic heterocycles. The summed E-state index contributed by atoms with van der Waals surface area (Å²) < 4.78 is 5.89. The quantitative estimate of drug-likeness (QED) is 0.930. The van der Waals surface area contributed by atoms with E-state index in [1.165, 1.54) is 23.6 Å². The van der Waals surface area contributed by atoms with Crippen molar-refractivity contribution in [3.05, 3.63) is 64.2 Å². The molecule has 0 amide bonds. The van der Waals surface area contributed by atoms with Gasteiger partial charge in [0.05, 0.1) is 6.07 Å². The summed E-state index contributed by atoms with van der Waals surface area (Å²) in [6, 6.07) is 15.8. The molecule has 0 bridgehead atoms. The van der Waals surface area contributed by atoms with Crippen LogP contribution in [0.15, 0.2) is 42.5 Å². The molecular formula is C17H17ClN2O. The van der Waals surface area contributed by atoms with Crippen LogP contribution < -0.4 is 10.1 Å². The van der Waals surface area contributed by atoms with Crippen LogP contribution in [0.1, 0.15) is 23.6 Å². The Balaban J connectivity index is 0.000000497. The fourth-order valence-electron chi connectivity index (χ4n) is 2.21. The molecule has 0 unspecified atom stereocenters. The lowest BCUT2D eigenvalue weighted by atomic mass is 10.1. The van der Waals surface area contributed by atoms with Crippen LogP contribution in [0.4, 0.5) is 0 Å². The summed E-state index contributed by atoms with van der Waals surface area (Å²) in [5.74, 6) is 0.934. The van der Waals surface area contributed by atoms with E-state index in [1.54, 1.807) is 6.07 Å². The molecule has 21 heavy (non-hydrogen) atoms. The molecule has 1 heterocycles. The number of halogens is 1. The summed E-state index contributed by atoms with van der Waals surface area (Å²) in [7, 11) is 0. The summed E-state index contributed by atoms with van der Waals surface area (Å²) in [6.45, 7) is 3.69. The molecule has 4 heteroatoms. The van der Waals surface area contributed by atoms with Crippen LogP contribution in [0.5, 0.6) is 5.75 Å². The molecule has 0 saturated carbocycles. The van der Waals surface area contributed by atoms with Crippen LogP contribution in [0.2, 0.25) is 5.02 Å². The van der Waals surface area contributed by atoms with Gasteiger partial charge in [0.1, 0.15) is 12.4 Å². The lowest BCUT2D eigenvalue weighted by Crippen LogP contribution is -2.01. The molecule has 0 fully saturated rings. The Morgan fingerprint density at radius 2 is 1.81 bits per heavy atom. The van der Waals surface area contributed by atoms with Crippen LogP contribution >= 0.6 is 11.6 Å². The van der Waals surface area contributed by atoms with E-state index in [9.17, 15) is 0 Å². The van der Waals surface area contributed by atoms with Gasteiger partial charge in [-0.1, -0.05) is 41.9 Å². The van der Waals surface area contributed by atoms with Crippen molar-refractivity contribution in [2.24, 2.45) is 0 Å². The summed E-state index contributed by atoms with van der Waals surface area (Å²) in [5, 5.41) is 11.4. The number of hydrogen-bond donors (Lipinski definition) is 1. The van der Waals surface area contributed by atoms with Gasteiger partial charge in [-0.15, -0.1) is 0 Å². The zero-order chi connectivity index (χ0) is 15.1. The number of fused-ring (bicyclic) bond motifs is 1. The standard InChI is InChI=1S/C15H14ClNO.C2H3N/c16-14-6-7-15(13-9-17-8-12(13)14)18-10-11-4-2-1-3-5-11;1-2-3/h1-7,17H,8-10H2;1H3. The molecule has 1 aliphatic rings. The molecular weight excluding hydrogens is 284 g/mol. The number of rotatable bonds is 3. The zero-order valence-corrected chi connectivity index (χ0v) is 12.7. The van der Waals surface area contributed by atoms with Crippen molar-refractivity contribution in [2.45, 2.75) is 26.6 Å². The number of hydrogen-bond acceptors (Lipinski definition) is 3. The predicted molar refractivity (Wildman–Crippen MR) is 84.1 cm³/mol. The highest BCUT2D eigenvalue weighted by Gasteiger charge is 2.18. The second-order valence-corrected chi connectivity index (χ2v) is 5.01. The maximum atomic E-state index is 7.32. The van der Waals surface area contributed by atoms with Crippen LogP contribution in [-0.4, -0.2) is 0 Å². The molecule has 108 valence electrons. The van der Waals surface area contributed by atoms with Crippen molar-refractivity contribution < 1.29 is 4.74 Å². The van der Waals surface area contributed by atoms with Gasteiger partial charge in [0, 0.05) is 30.6 Å². The van der Waals surface area contributed by atoms with Gasteiger partial charge >= 0.3 is 0 Å². The smallest absolute Gasteiger partial charge is 0.124 e. The van der Waals surface area contributed by atoms with Crippen molar-refractivity contribution in [3.63, 3.8) is 0 Å². The second kappa shape index (κ2) is 7.68. The van der Waals surface area contributed by atoms with Gasteiger partial charge in [0.25, 0.3) is 0 Å². The summed E-state index contributed by atoms with van der Waals surface area (Å²) in [4.78, 5) is 0. The minimum absolute atomic E-state index is 0.592.